The van der Waals surface area contributed by atoms with Crippen LogP contribution in [-0.2, 0) is 32.9 Å². The predicted molar refractivity (Wildman–Crippen MR) is 211 cm³/mol. The Kier molecular flexibility index (Phi) is 10.7. The average molecular weight is 868 g/mol. The van der Waals surface area contributed by atoms with Gasteiger partial charge in [0.2, 0.25) is 0 Å². The molecule has 0 aliphatic carbocycles. The van der Waals surface area contributed by atoms with E-state index in [9.17, 15) is 0 Å². The van der Waals surface area contributed by atoms with Gasteiger partial charge in [-0.15, -0.1) is 41.3 Å². The molecule has 0 amide bonds. The molecule has 4 aromatic carbocycles. The Bertz CT molecular complexity index is 2330. The topological polar surface area (TPSA) is 44.9 Å². The van der Waals surface area contributed by atoms with Crippen LogP contribution in [-0.4, -0.2) is 19.3 Å². The molecule has 0 fully saturated rings. The molecule has 0 atom stereocenters. The molecule has 6 heteroatoms. The molecule has 0 saturated carbocycles. The Hall–Kier alpha value is -4.47. The molecule has 3 aromatic heterocycles. The maximum Gasteiger partial charge on any atom is 2.00 e. The molecule has 0 radical (unpaired) electrons. The fourth-order valence-electron chi connectivity index (χ4n) is 7.08. The smallest absolute Gasteiger partial charge is 0.509 e. The number of ether oxygens (including phenoxy) is 1. The number of rotatable bonds is 9. The Balaban J connectivity index is 0.00000464. The molecule has 3 heterocycles. The monoisotopic (exact) mass is 867 g/mol. The zero-order chi connectivity index (χ0) is 36.0. The summed E-state index contributed by atoms with van der Waals surface area (Å²) in [4.78, 5) is 4.83. The summed E-state index contributed by atoms with van der Waals surface area (Å²) in [6, 6.07) is 35.0. The number of para-hydroxylation sites is 1. The van der Waals surface area contributed by atoms with Gasteiger partial charge >= 0.3 is 21.1 Å². The Labute approximate surface area is 323 Å². The van der Waals surface area contributed by atoms with Gasteiger partial charge in [-0.3, -0.25) is 4.68 Å². The summed E-state index contributed by atoms with van der Waals surface area (Å²) in [7, 11) is 0. The third-order valence-electron chi connectivity index (χ3n) is 9.65. The largest absolute Gasteiger partial charge is 2.00 e. The molecule has 7 rings (SSSR count). The summed E-state index contributed by atoms with van der Waals surface area (Å²) in [5.74, 6) is 3.46. The van der Waals surface area contributed by atoms with Gasteiger partial charge in [-0.25, -0.2) is 4.98 Å². The molecular weight excluding hydrogens is 820 g/mol. The number of fused-ring (bicyclic) bond motifs is 3. The first kappa shape index (κ1) is 37.3. The minimum absolute atomic E-state index is 0. The summed E-state index contributed by atoms with van der Waals surface area (Å²) in [6.45, 7) is 20.2. The van der Waals surface area contributed by atoms with E-state index in [-0.39, 0.29) is 26.5 Å². The molecule has 0 aliphatic rings. The van der Waals surface area contributed by atoms with Crippen LogP contribution in [0.4, 0.5) is 0 Å². The van der Waals surface area contributed by atoms with E-state index in [1.807, 2.05) is 23.1 Å². The standard InChI is InChI=1S/C46H48N4O.Pt/c1-29(2)21-32-19-20-47-44(22-32)50-42-16-11-10-13-40(42)41-18-17-36(26-43(41)50)51-37-24-34(46(7,8)9)23-35(25-37)49-28-33(27-48-49)45-38(30(3)4)14-12-15-39(45)31(5)6;/h10-20,22-24,27-31H,21H2,1-9H3;/q-2;+2. The van der Waals surface area contributed by atoms with E-state index < -0.39 is 0 Å². The summed E-state index contributed by atoms with van der Waals surface area (Å²) < 4.78 is 10.8. The maximum atomic E-state index is 6.65. The van der Waals surface area contributed by atoms with Crippen molar-refractivity contribution in [1.82, 2.24) is 19.3 Å². The van der Waals surface area contributed by atoms with Gasteiger partial charge in [-0.1, -0.05) is 104 Å². The van der Waals surface area contributed by atoms with Crippen molar-refractivity contribution < 1.29 is 25.8 Å². The van der Waals surface area contributed by atoms with Gasteiger partial charge in [-0.05, 0) is 81.1 Å². The van der Waals surface area contributed by atoms with Crippen LogP contribution in [0.5, 0.6) is 11.5 Å². The molecule has 0 bridgehead atoms. The second kappa shape index (κ2) is 14.9. The molecule has 268 valence electrons. The van der Waals surface area contributed by atoms with Crippen molar-refractivity contribution in [1.29, 1.82) is 0 Å². The maximum absolute atomic E-state index is 6.65. The van der Waals surface area contributed by atoms with Crippen LogP contribution in [0.25, 0.3) is 44.4 Å². The quantitative estimate of drug-likeness (QED) is 0.136. The van der Waals surface area contributed by atoms with Crippen LogP contribution in [0.3, 0.4) is 0 Å². The fraction of sp³-hybridized carbons (Fsp3) is 0.304. The fourth-order valence-corrected chi connectivity index (χ4v) is 7.08. The van der Waals surface area contributed by atoms with Crippen molar-refractivity contribution in [3.63, 3.8) is 0 Å². The van der Waals surface area contributed by atoms with E-state index in [2.05, 4.69) is 158 Å². The molecule has 0 unspecified atom stereocenters. The Morgan fingerprint density at radius 3 is 2.19 bits per heavy atom. The van der Waals surface area contributed by atoms with Crippen molar-refractivity contribution in [2.75, 3.05) is 0 Å². The van der Waals surface area contributed by atoms with Gasteiger partial charge in [-0.2, -0.15) is 11.2 Å². The predicted octanol–water partition coefficient (Wildman–Crippen LogP) is 12.2. The number of hydrogen-bond acceptors (Lipinski definition) is 3. The van der Waals surface area contributed by atoms with Crippen LogP contribution in [0.15, 0.2) is 97.5 Å². The van der Waals surface area contributed by atoms with E-state index >= 15 is 0 Å². The number of benzene rings is 4. The number of aromatic nitrogens is 4. The van der Waals surface area contributed by atoms with Crippen LogP contribution in [0, 0.1) is 18.1 Å². The first-order valence-electron chi connectivity index (χ1n) is 18.2. The summed E-state index contributed by atoms with van der Waals surface area (Å²) in [6.07, 6.45) is 7.02. The zero-order valence-corrected chi connectivity index (χ0v) is 34.0. The van der Waals surface area contributed by atoms with Crippen molar-refractivity contribution in [2.45, 2.75) is 86.0 Å². The third kappa shape index (κ3) is 7.39. The van der Waals surface area contributed by atoms with E-state index in [0.717, 1.165) is 50.9 Å². The Morgan fingerprint density at radius 2 is 1.50 bits per heavy atom. The molecule has 52 heavy (non-hydrogen) atoms. The van der Waals surface area contributed by atoms with E-state index in [1.54, 1.807) is 0 Å². The molecular formula is C46H48N4OPt. The van der Waals surface area contributed by atoms with Crippen LogP contribution in [0.1, 0.15) is 96.4 Å². The molecule has 0 saturated heterocycles. The Morgan fingerprint density at radius 1 is 0.769 bits per heavy atom. The third-order valence-corrected chi connectivity index (χ3v) is 9.65. The minimum Gasteiger partial charge on any atom is -0.509 e. The van der Waals surface area contributed by atoms with Gasteiger partial charge in [0.25, 0.3) is 0 Å². The van der Waals surface area contributed by atoms with Crippen LogP contribution in [0.2, 0.25) is 0 Å². The molecule has 0 spiro atoms. The van der Waals surface area contributed by atoms with Gasteiger partial charge in [0, 0.05) is 35.0 Å². The second-order valence-corrected chi connectivity index (χ2v) is 15.8. The second-order valence-electron chi connectivity index (χ2n) is 15.8. The van der Waals surface area contributed by atoms with Gasteiger partial charge in [0.15, 0.2) is 0 Å². The molecule has 0 N–H and O–H groups in total. The van der Waals surface area contributed by atoms with Crippen LogP contribution >= 0.6 is 0 Å². The molecule has 5 nitrogen and oxygen atoms in total. The molecule has 0 aliphatic heterocycles. The van der Waals surface area contributed by atoms with Crippen molar-refractivity contribution >= 4 is 21.8 Å². The van der Waals surface area contributed by atoms with Crippen molar-refractivity contribution in [3.8, 4) is 34.1 Å². The molecule has 7 aromatic rings. The number of nitrogens with zero attached hydrogens (tertiary/aromatic N) is 4. The van der Waals surface area contributed by atoms with Crippen molar-refractivity contribution in [2.24, 2.45) is 5.92 Å². The van der Waals surface area contributed by atoms with E-state index in [1.165, 1.54) is 22.3 Å². The number of hydrogen-bond donors (Lipinski definition) is 0. The van der Waals surface area contributed by atoms with E-state index in [4.69, 9.17) is 14.8 Å². The first-order chi connectivity index (χ1) is 24.4. The van der Waals surface area contributed by atoms with E-state index in [0.29, 0.717) is 29.3 Å². The zero-order valence-electron chi connectivity index (χ0n) is 31.7. The van der Waals surface area contributed by atoms with Gasteiger partial charge in [0.05, 0.1) is 6.20 Å². The van der Waals surface area contributed by atoms with Crippen LogP contribution < -0.4 is 4.74 Å². The SMILES string of the molecule is CC(C)Cc1ccnc(-n2c3[c-]c(Oc4[c-]c(-n5cc(-c6c(C(C)C)cccc6C(C)C)cn5)cc(C(C)(C)C)c4)ccc3c3ccccc32)c1.[Pt+2]. The average Bonchev–Trinajstić information content (AvgIpc) is 3.70. The first-order valence-corrected chi connectivity index (χ1v) is 18.2. The minimum atomic E-state index is -0.125. The summed E-state index contributed by atoms with van der Waals surface area (Å²) in [5, 5.41) is 7.14. The van der Waals surface area contributed by atoms with Gasteiger partial charge < -0.3 is 9.30 Å². The van der Waals surface area contributed by atoms with Gasteiger partial charge in [0.1, 0.15) is 5.82 Å². The normalized spacial score (nSPS) is 12.0. The summed E-state index contributed by atoms with van der Waals surface area (Å²) in [5.41, 5.74) is 10.2. The summed E-state index contributed by atoms with van der Waals surface area (Å²) >= 11 is 0. The van der Waals surface area contributed by atoms with Crippen molar-refractivity contribution in [3.05, 3.63) is 132 Å². The number of pyridine rings is 1.